The number of carbonyl (C=O) groups excluding carboxylic acids is 1. The Morgan fingerprint density at radius 3 is 2.45 bits per heavy atom. The summed E-state index contributed by atoms with van der Waals surface area (Å²) in [6.07, 6.45) is -4.92. The lowest BCUT2D eigenvalue weighted by Crippen LogP contribution is -2.30. The second kappa shape index (κ2) is 6.51. The number of aryl methyl sites for hydroxylation is 1. The highest BCUT2D eigenvalue weighted by atomic mass is 19.4. The normalized spacial score (nSPS) is 11.1. The summed E-state index contributed by atoms with van der Waals surface area (Å²) >= 11 is 0. The number of hydrogen-bond acceptors (Lipinski definition) is 2. The van der Waals surface area contributed by atoms with Gasteiger partial charge in [0.2, 0.25) is 0 Å². The number of rotatable bonds is 4. The van der Waals surface area contributed by atoms with Crippen LogP contribution in [-0.2, 0) is 11.4 Å². The lowest BCUT2D eigenvalue weighted by Gasteiger charge is -2.13. The Labute approximate surface area is 125 Å². The molecule has 0 saturated heterocycles. The molecule has 2 rings (SSSR count). The molecule has 0 aliphatic rings. The van der Waals surface area contributed by atoms with E-state index in [2.05, 4.69) is 0 Å². The Hall–Kier alpha value is -2.50. The molecule has 1 N–H and O–H groups in total. The standard InChI is InChI=1S/C16H14F3NO2/c1-11-7-8-13(22-10-12-5-3-2-4-6-12)9-14(11)20-15(21)16(17,18)19/h2-9H,10H2,1H3,(H,20,21). The van der Waals surface area contributed by atoms with Crippen molar-refractivity contribution >= 4 is 11.6 Å². The number of amides is 1. The fraction of sp³-hybridized carbons (Fsp3) is 0.188. The predicted octanol–water partition coefficient (Wildman–Crippen LogP) is 4.07. The van der Waals surface area contributed by atoms with Crippen LogP contribution in [0.5, 0.6) is 5.75 Å². The number of nitrogens with one attached hydrogen (secondary N) is 1. The topological polar surface area (TPSA) is 38.3 Å². The van der Waals surface area contributed by atoms with Crippen molar-refractivity contribution in [3.05, 3.63) is 59.7 Å². The Kier molecular flexibility index (Phi) is 4.70. The third kappa shape index (κ3) is 4.25. The van der Waals surface area contributed by atoms with Gasteiger partial charge in [-0.2, -0.15) is 13.2 Å². The molecule has 2 aromatic carbocycles. The summed E-state index contributed by atoms with van der Waals surface area (Å²) in [5.74, 6) is -1.62. The van der Waals surface area contributed by atoms with Gasteiger partial charge >= 0.3 is 12.1 Å². The van der Waals surface area contributed by atoms with E-state index in [0.29, 0.717) is 11.3 Å². The van der Waals surface area contributed by atoms with Crippen molar-refractivity contribution in [2.24, 2.45) is 0 Å². The first-order chi connectivity index (χ1) is 10.4. The quantitative estimate of drug-likeness (QED) is 0.924. The summed E-state index contributed by atoms with van der Waals surface area (Å²) < 4.78 is 42.4. The van der Waals surface area contributed by atoms with Crippen LogP contribution in [0, 0.1) is 6.92 Å². The van der Waals surface area contributed by atoms with Crippen LogP contribution in [0.1, 0.15) is 11.1 Å². The zero-order valence-corrected chi connectivity index (χ0v) is 11.8. The van der Waals surface area contributed by atoms with E-state index in [0.717, 1.165) is 5.56 Å². The molecule has 0 bridgehead atoms. The van der Waals surface area contributed by atoms with Crippen LogP contribution in [0.15, 0.2) is 48.5 Å². The zero-order valence-electron chi connectivity index (χ0n) is 11.8. The van der Waals surface area contributed by atoms with Crippen molar-refractivity contribution in [1.82, 2.24) is 0 Å². The zero-order chi connectivity index (χ0) is 16.2. The van der Waals surface area contributed by atoms with Crippen LogP contribution in [0.25, 0.3) is 0 Å². The van der Waals surface area contributed by atoms with Gasteiger partial charge in [-0.05, 0) is 24.1 Å². The molecule has 1 amide bonds. The Balaban J connectivity index is 2.08. The maximum atomic E-state index is 12.3. The van der Waals surface area contributed by atoms with E-state index in [4.69, 9.17) is 4.74 Å². The van der Waals surface area contributed by atoms with Crippen LogP contribution >= 0.6 is 0 Å². The van der Waals surface area contributed by atoms with Gasteiger partial charge in [-0.25, -0.2) is 0 Å². The smallest absolute Gasteiger partial charge is 0.471 e. The number of halogens is 3. The number of hydrogen-bond donors (Lipinski definition) is 1. The third-order valence-corrected chi connectivity index (χ3v) is 2.96. The minimum Gasteiger partial charge on any atom is -0.489 e. The maximum absolute atomic E-state index is 12.3. The average Bonchev–Trinajstić information content (AvgIpc) is 2.48. The van der Waals surface area contributed by atoms with Crippen molar-refractivity contribution in [3.63, 3.8) is 0 Å². The van der Waals surface area contributed by atoms with E-state index in [1.54, 1.807) is 19.1 Å². The predicted molar refractivity (Wildman–Crippen MR) is 76.6 cm³/mol. The summed E-state index contributed by atoms with van der Waals surface area (Å²) in [5, 5.41) is 1.84. The van der Waals surface area contributed by atoms with Crippen LogP contribution in [-0.4, -0.2) is 12.1 Å². The first-order valence-electron chi connectivity index (χ1n) is 6.52. The van der Waals surface area contributed by atoms with Crippen LogP contribution in [0.2, 0.25) is 0 Å². The molecule has 2 aromatic rings. The molecule has 0 unspecified atom stereocenters. The Morgan fingerprint density at radius 1 is 1.14 bits per heavy atom. The summed E-state index contributed by atoms with van der Waals surface area (Å²) in [5.41, 5.74) is 1.53. The fourth-order valence-corrected chi connectivity index (χ4v) is 1.76. The molecule has 3 nitrogen and oxygen atoms in total. The second-order valence-electron chi connectivity index (χ2n) is 4.70. The van der Waals surface area contributed by atoms with Gasteiger partial charge in [-0.1, -0.05) is 36.4 Å². The molecule has 0 heterocycles. The molecule has 0 aromatic heterocycles. The minimum absolute atomic E-state index is 0.0767. The van der Waals surface area contributed by atoms with Gasteiger partial charge < -0.3 is 10.1 Å². The molecular formula is C16H14F3NO2. The van der Waals surface area contributed by atoms with Crippen molar-refractivity contribution in [2.75, 3.05) is 5.32 Å². The molecule has 0 saturated carbocycles. The van der Waals surface area contributed by atoms with Crippen molar-refractivity contribution < 1.29 is 22.7 Å². The molecule has 22 heavy (non-hydrogen) atoms. The first-order valence-corrected chi connectivity index (χ1v) is 6.52. The first kappa shape index (κ1) is 15.9. The number of carbonyl (C=O) groups is 1. The highest BCUT2D eigenvalue weighted by molar-refractivity contribution is 5.95. The summed E-state index contributed by atoms with van der Waals surface area (Å²) in [7, 11) is 0. The molecule has 0 fully saturated rings. The van der Waals surface area contributed by atoms with Crippen LogP contribution in [0.3, 0.4) is 0 Å². The van der Waals surface area contributed by atoms with Gasteiger partial charge in [0.1, 0.15) is 12.4 Å². The van der Waals surface area contributed by atoms with Gasteiger partial charge in [-0.3, -0.25) is 4.79 Å². The van der Waals surface area contributed by atoms with Crippen molar-refractivity contribution in [1.29, 1.82) is 0 Å². The van der Waals surface area contributed by atoms with Crippen molar-refractivity contribution in [3.8, 4) is 5.75 Å². The van der Waals surface area contributed by atoms with E-state index in [1.807, 2.05) is 35.6 Å². The minimum atomic E-state index is -4.92. The summed E-state index contributed by atoms with van der Waals surface area (Å²) in [4.78, 5) is 11.0. The van der Waals surface area contributed by atoms with E-state index in [9.17, 15) is 18.0 Å². The summed E-state index contributed by atoms with van der Waals surface area (Å²) in [6.45, 7) is 1.89. The number of anilines is 1. The number of alkyl halides is 3. The molecule has 0 spiro atoms. The van der Waals surface area contributed by atoms with Crippen LogP contribution < -0.4 is 10.1 Å². The highest BCUT2D eigenvalue weighted by Gasteiger charge is 2.38. The third-order valence-electron chi connectivity index (χ3n) is 2.96. The molecule has 6 heteroatoms. The highest BCUT2D eigenvalue weighted by Crippen LogP contribution is 2.25. The molecule has 0 atom stereocenters. The van der Waals surface area contributed by atoms with Crippen LogP contribution in [0.4, 0.5) is 18.9 Å². The lowest BCUT2D eigenvalue weighted by molar-refractivity contribution is -0.167. The Morgan fingerprint density at radius 2 is 1.82 bits per heavy atom. The molecule has 0 radical (unpaired) electrons. The molecule has 0 aliphatic heterocycles. The van der Waals surface area contributed by atoms with Gasteiger partial charge in [0.05, 0.1) is 0 Å². The monoisotopic (exact) mass is 309 g/mol. The Bertz CT molecular complexity index is 654. The van der Waals surface area contributed by atoms with E-state index < -0.39 is 12.1 Å². The average molecular weight is 309 g/mol. The summed E-state index contributed by atoms with van der Waals surface area (Å²) in [6, 6.07) is 14.0. The van der Waals surface area contributed by atoms with Gasteiger partial charge in [-0.15, -0.1) is 0 Å². The number of benzene rings is 2. The molecule has 0 aliphatic carbocycles. The molecular weight excluding hydrogens is 295 g/mol. The van der Waals surface area contributed by atoms with Gasteiger partial charge in [0, 0.05) is 11.8 Å². The fourth-order valence-electron chi connectivity index (χ4n) is 1.76. The number of ether oxygens (including phenoxy) is 1. The van der Waals surface area contributed by atoms with E-state index >= 15 is 0 Å². The SMILES string of the molecule is Cc1ccc(OCc2ccccc2)cc1NC(=O)C(F)(F)F. The largest absolute Gasteiger partial charge is 0.489 e. The van der Waals surface area contributed by atoms with E-state index in [-0.39, 0.29) is 12.3 Å². The van der Waals surface area contributed by atoms with Gasteiger partial charge in [0.15, 0.2) is 0 Å². The lowest BCUT2D eigenvalue weighted by atomic mass is 10.2. The van der Waals surface area contributed by atoms with Gasteiger partial charge in [0.25, 0.3) is 0 Å². The second-order valence-corrected chi connectivity index (χ2v) is 4.70. The van der Waals surface area contributed by atoms with Crippen molar-refractivity contribution in [2.45, 2.75) is 19.7 Å². The maximum Gasteiger partial charge on any atom is 0.471 e. The molecule has 116 valence electrons. The van der Waals surface area contributed by atoms with E-state index in [1.165, 1.54) is 6.07 Å².